The Bertz CT molecular complexity index is 1020. The third kappa shape index (κ3) is 3.22. The molecule has 0 saturated heterocycles. The van der Waals surface area contributed by atoms with E-state index in [1.807, 2.05) is 6.07 Å². The smallest absolute Gasteiger partial charge is 0.280 e. The van der Waals surface area contributed by atoms with Gasteiger partial charge in [-0.25, -0.2) is 0 Å². The van der Waals surface area contributed by atoms with Gasteiger partial charge in [0.05, 0.1) is 5.02 Å². The summed E-state index contributed by atoms with van der Waals surface area (Å²) >= 11 is 12.0. The van der Waals surface area contributed by atoms with Crippen LogP contribution >= 0.6 is 23.2 Å². The maximum Gasteiger partial charge on any atom is 0.280 e. The van der Waals surface area contributed by atoms with Gasteiger partial charge in [-0.1, -0.05) is 23.2 Å². The van der Waals surface area contributed by atoms with Crippen molar-refractivity contribution in [1.29, 1.82) is 5.26 Å². The Morgan fingerprint density at radius 2 is 2.04 bits per heavy atom. The molecule has 1 aromatic heterocycles. The van der Waals surface area contributed by atoms with E-state index in [-0.39, 0.29) is 11.1 Å². The van der Waals surface area contributed by atoms with Crippen molar-refractivity contribution in [2.75, 3.05) is 0 Å². The van der Waals surface area contributed by atoms with Gasteiger partial charge in [-0.2, -0.15) is 10.3 Å². The lowest BCUT2D eigenvalue weighted by atomic mass is 9.98. The normalized spacial score (nSPS) is 16.2. The maximum atomic E-state index is 12.0. The van der Waals surface area contributed by atoms with Gasteiger partial charge in [0.2, 0.25) is 5.90 Å². The molecule has 1 aliphatic rings. The van der Waals surface area contributed by atoms with Crippen LogP contribution in [-0.2, 0) is 4.79 Å². The van der Waals surface area contributed by atoms with Gasteiger partial charge in [0.25, 0.3) is 5.91 Å². The minimum absolute atomic E-state index is 0.0432. The maximum absolute atomic E-state index is 12.0. The van der Waals surface area contributed by atoms with Crippen molar-refractivity contribution in [2.45, 2.75) is 6.92 Å². The number of rotatable bonds is 2. The number of hydrogen-bond acceptors (Lipinski definition) is 3. The lowest BCUT2D eigenvalue weighted by molar-refractivity contribution is -0.114. The summed E-state index contributed by atoms with van der Waals surface area (Å²) in [6, 6.07) is 10.2. The first-order chi connectivity index (χ1) is 11.9. The molecule has 0 spiro atoms. The number of amides is 1. The third-order valence-corrected chi connectivity index (χ3v) is 4.21. The number of furan rings is 1. The highest BCUT2D eigenvalue weighted by Crippen LogP contribution is 2.32. The average molecular weight is 373 g/mol. The highest BCUT2D eigenvalue weighted by atomic mass is 35.5. The monoisotopic (exact) mass is 372 g/mol. The van der Waals surface area contributed by atoms with E-state index >= 15 is 0 Å². The molecule has 0 saturated carbocycles. The first-order valence-electron chi connectivity index (χ1n) is 7.11. The molecule has 2 aromatic rings. The second-order valence-corrected chi connectivity index (χ2v) is 6.08. The third-order valence-electron chi connectivity index (χ3n) is 3.66. The number of benzene rings is 1. The van der Waals surface area contributed by atoms with E-state index in [2.05, 4.69) is 4.99 Å². The summed E-state index contributed by atoms with van der Waals surface area (Å²) in [5, 5.41) is 19.6. The molecule has 1 aliphatic heterocycles. The molecule has 5 nitrogen and oxygen atoms in total. The summed E-state index contributed by atoms with van der Waals surface area (Å²) in [4.78, 5) is 15.5. The number of halogens is 2. The van der Waals surface area contributed by atoms with E-state index in [0.717, 1.165) is 0 Å². The van der Waals surface area contributed by atoms with Crippen LogP contribution in [0.4, 0.5) is 0 Å². The number of aliphatic hydroxyl groups is 1. The van der Waals surface area contributed by atoms with Gasteiger partial charge in [0.15, 0.2) is 0 Å². The Balaban J connectivity index is 2.01. The molecule has 2 heterocycles. The van der Waals surface area contributed by atoms with E-state index in [9.17, 15) is 9.90 Å². The molecule has 25 heavy (non-hydrogen) atoms. The van der Waals surface area contributed by atoms with Gasteiger partial charge in [0, 0.05) is 16.2 Å². The van der Waals surface area contributed by atoms with Gasteiger partial charge >= 0.3 is 0 Å². The average Bonchev–Trinajstić information content (AvgIpc) is 3.00. The van der Waals surface area contributed by atoms with Gasteiger partial charge in [-0.05, 0) is 48.9 Å². The molecule has 0 aliphatic carbocycles. The van der Waals surface area contributed by atoms with Crippen LogP contribution in [0, 0.1) is 11.3 Å². The molecule has 0 radical (unpaired) electrons. The first kappa shape index (κ1) is 17.0. The van der Waals surface area contributed by atoms with Crippen LogP contribution in [0.15, 0.2) is 56.5 Å². The zero-order chi connectivity index (χ0) is 18.1. The van der Waals surface area contributed by atoms with Gasteiger partial charge in [-0.3, -0.25) is 4.79 Å². The van der Waals surface area contributed by atoms with Crippen molar-refractivity contribution in [1.82, 2.24) is 0 Å². The van der Waals surface area contributed by atoms with E-state index in [0.29, 0.717) is 32.7 Å². The highest BCUT2D eigenvalue weighted by molar-refractivity contribution is 6.36. The van der Waals surface area contributed by atoms with Crippen molar-refractivity contribution < 1.29 is 14.3 Å². The van der Waals surface area contributed by atoms with Gasteiger partial charge in [0.1, 0.15) is 23.2 Å². The Morgan fingerprint density at radius 3 is 2.72 bits per heavy atom. The molecule has 0 fully saturated rings. The van der Waals surface area contributed by atoms with Crippen LogP contribution in [-0.4, -0.2) is 16.9 Å². The standard InChI is InChI=1S/C18H10Cl2N2O3/c1-9-13(17(23)22-18(24)14(9)8-21)7-11-3-5-16(25-11)12-4-2-10(19)6-15(12)20/h2-7H,1H3,(H,22,23,24)/b13-7+. The minimum Gasteiger partial charge on any atom is -0.492 e. The SMILES string of the molecule is CC1=C(C#N)C(O)=NC(=O)/C1=C/c1ccc(-c2ccc(Cl)cc2Cl)o1. The van der Waals surface area contributed by atoms with Crippen LogP contribution < -0.4 is 0 Å². The van der Waals surface area contributed by atoms with Crippen LogP contribution in [0.2, 0.25) is 10.0 Å². The quantitative estimate of drug-likeness (QED) is 0.753. The van der Waals surface area contributed by atoms with Crippen molar-refractivity contribution in [3.05, 3.63) is 62.9 Å². The molecule has 1 N–H and O–H groups in total. The lowest BCUT2D eigenvalue weighted by Gasteiger charge is -2.11. The van der Waals surface area contributed by atoms with Gasteiger partial charge in [-0.15, -0.1) is 0 Å². The van der Waals surface area contributed by atoms with Crippen molar-refractivity contribution >= 4 is 41.1 Å². The van der Waals surface area contributed by atoms with Gasteiger partial charge < -0.3 is 9.52 Å². The largest absolute Gasteiger partial charge is 0.492 e. The Labute approximate surface area is 153 Å². The molecule has 1 aromatic carbocycles. The van der Waals surface area contributed by atoms with Crippen molar-refractivity contribution in [3.8, 4) is 17.4 Å². The number of hydrogen-bond donors (Lipinski definition) is 1. The fourth-order valence-corrected chi connectivity index (χ4v) is 2.89. The van der Waals surface area contributed by atoms with Crippen LogP contribution in [0.1, 0.15) is 12.7 Å². The molecule has 0 unspecified atom stereocenters. The predicted molar refractivity (Wildman–Crippen MR) is 95.5 cm³/mol. The van der Waals surface area contributed by atoms with E-state index in [1.165, 1.54) is 6.08 Å². The molecular weight excluding hydrogens is 363 g/mol. The van der Waals surface area contributed by atoms with Crippen molar-refractivity contribution in [3.63, 3.8) is 0 Å². The summed E-state index contributed by atoms with van der Waals surface area (Å²) < 4.78 is 5.71. The number of aliphatic imine (C=N–C) groups is 1. The summed E-state index contributed by atoms with van der Waals surface area (Å²) in [6.45, 7) is 1.56. The Hall–Kier alpha value is -2.81. The lowest BCUT2D eigenvalue weighted by Crippen LogP contribution is -2.16. The van der Waals surface area contributed by atoms with E-state index in [4.69, 9.17) is 32.9 Å². The summed E-state index contributed by atoms with van der Waals surface area (Å²) in [5.41, 5.74) is 1.13. The molecule has 0 atom stereocenters. The summed E-state index contributed by atoms with van der Waals surface area (Å²) in [7, 11) is 0. The van der Waals surface area contributed by atoms with Crippen LogP contribution in [0.5, 0.6) is 0 Å². The fourth-order valence-electron chi connectivity index (χ4n) is 2.39. The minimum atomic E-state index is -0.642. The Morgan fingerprint density at radius 1 is 1.28 bits per heavy atom. The molecule has 0 bridgehead atoms. The number of aliphatic hydroxyl groups excluding tert-OH is 1. The first-order valence-corrected chi connectivity index (χ1v) is 7.87. The van der Waals surface area contributed by atoms with Crippen LogP contribution in [0.25, 0.3) is 17.4 Å². The predicted octanol–water partition coefficient (Wildman–Crippen LogP) is 4.97. The van der Waals surface area contributed by atoms with E-state index in [1.54, 1.807) is 37.3 Å². The topological polar surface area (TPSA) is 86.6 Å². The fraction of sp³-hybridized carbons (Fsp3) is 0.0556. The molecular formula is C18H10Cl2N2O3. The molecule has 124 valence electrons. The second kappa shape index (κ2) is 6.60. The molecule has 1 amide bonds. The second-order valence-electron chi connectivity index (χ2n) is 5.24. The number of carbonyl (C=O) groups is 1. The molecule has 3 rings (SSSR count). The highest BCUT2D eigenvalue weighted by Gasteiger charge is 2.24. The zero-order valence-electron chi connectivity index (χ0n) is 12.9. The summed E-state index contributed by atoms with van der Waals surface area (Å²) in [6.07, 6.45) is 1.47. The number of carbonyl (C=O) groups excluding carboxylic acids is 1. The number of dihydropyridines is 1. The number of nitrogens with zero attached hydrogens (tertiary/aromatic N) is 2. The molecule has 7 heteroatoms. The van der Waals surface area contributed by atoms with E-state index < -0.39 is 11.8 Å². The Kier molecular flexibility index (Phi) is 4.49. The van der Waals surface area contributed by atoms with Crippen molar-refractivity contribution in [2.24, 2.45) is 4.99 Å². The number of nitriles is 1. The van der Waals surface area contributed by atoms with Crippen LogP contribution in [0.3, 0.4) is 0 Å². The zero-order valence-corrected chi connectivity index (χ0v) is 14.4. The summed E-state index contributed by atoms with van der Waals surface area (Å²) in [5.74, 6) is -0.324.